The second-order valence-corrected chi connectivity index (χ2v) is 4.59. The highest BCUT2D eigenvalue weighted by Gasteiger charge is 2.04. The van der Waals surface area contributed by atoms with Gasteiger partial charge in [0.15, 0.2) is 0 Å². The molecule has 0 bridgehead atoms. The van der Waals surface area contributed by atoms with E-state index in [1.165, 1.54) is 44.9 Å². The Morgan fingerprint density at radius 2 is 1.53 bits per heavy atom. The Balaban J connectivity index is 3.03. The van der Waals surface area contributed by atoms with Crippen LogP contribution in [0.15, 0.2) is 0 Å². The van der Waals surface area contributed by atoms with Gasteiger partial charge in [-0.25, -0.2) is 0 Å². The molecule has 3 nitrogen and oxygen atoms in total. The maximum Gasteiger partial charge on any atom is 0.103 e. The predicted octanol–water partition coefficient (Wildman–Crippen LogP) is 3.15. The molecule has 0 rings (SSSR count). The first-order valence-electron chi connectivity index (χ1n) is 7.06. The molecule has 104 valence electrons. The molecule has 0 spiro atoms. The van der Waals surface area contributed by atoms with Crippen molar-refractivity contribution in [2.75, 3.05) is 26.9 Å². The molecule has 0 fully saturated rings. The smallest absolute Gasteiger partial charge is 0.103 e. The first-order valence-corrected chi connectivity index (χ1v) is 7.06. The van der Waals surface area contributed by atoms with Crippen molar-refractivity contribution in [2.45, 2.75) is 64.4 Å². The first kappa shape index (κ1) is 16.9. The van der Waals surface area contributed by atoms with E-state index in [2.05, 4.69) is 6.92 Å². The van der Waals surface area contributed by atoms with Gasteiger partial charge in [-0.1, -0.05) is 51.9 Å². The van der Waals surface area contributed by atoms with Crippen molar-refractivity contribution in [1.82, 2.24) is 0 Å². The molecule has 0 radical (unpaired) electrons. The van der Waals surface area contributed by atoms with E-state index in [1.54, 1.807) is 7.11 Å². The van der Waals surface area contributed by atoms with E-state index in [9.17, 15) is 0 Å². The molecule has 0 aromatic heterocycles. The Morgan fingerprint density at radius 3 is 2.06 bits per heavy atom. The number of hydrogen-bond acceptors (Lipinski definition) is 3. The summed E-state index contributed by atoms with van der Waals surface area (Å²) in [4.78, 5) is 0. The molecule has 1 N–H and O–H groups in total. The minimum atomic E-state index is -0.163. The molecule has 0 saturated carbocycles. The van der Waals surface area contributed by atoms with Crippen molar-refractivity contribution in [3.63, 3.8) is 0 Å². The molecule has 0 heterocycles. The van der Waals surface area contributed by atoms with Crippen molar-refractivity contribution in [3.8, 4) is 0 Å². The van der Waals surface area contributed by atoms with Crippen molar-refractivity contribution >= 4 is 0 Å². The Kier molecular flexibility index (Phi) is 13.8. The third-order valence-electron chi connectivity index (χ3n) is 2.98. The molecule has 0 aliphatic heterocycles. The van der Waals surface area contributed by atoms with Gasteiger partial charge in [-0.15, -0.1) is 0 Å². The molecule has 3 heteroatoms. The molecule has 0 aromatic rings. The van der Waals surface area contributed by atoms with Crippen LogP contribution in [0.3, 0.4) is 0 Å². The van der Waals surface area contributed by atoms with E-state index < -0.39 is 0 Å². The Morgan fingerprint density at radius 1 is 0.941 bits per heavy atom. The first-order chi connectivity index (χ1) is 8.35. The summed E-state index contributed by atoms with van der Waals surface area (Å²) in [6.07, 6.45) is 10.4. The van der Waals surface area contributed by atoms with Crippen LogP contribution in [0.4, 0.5) is 0 Å². The molecule has 0 aromatic carbocycles. The lowest BCUT2D eigenvalue weighted by Gasteiger charge is -2.12. The lowest BCUT2D eigenvalue weighted by molar-refractivity contribution is -0.0205. The van der Waals surface area contributed by atoms with E-state index in [4.69, 9.17) is 14.6 Å². The van der Waals surface area contributed by atoms with Gasteiger partial charge in [0.1, 0.15) is 6.10 Å². The minimum Gasteiger partial charge on any atom is -0.394 e. The van der Waals surface area contributed by atoms with Crippen LogP contribution in [0.5, 0.6) is 0 Å². The van der Waals surface area contributed by atoms with Gasteiger partial charge >= 0.3 is 0 Å². The SMILES string of the molecule is CCCCCCCCCCOC[C@H](CO)OC. The number of methoxy groups -OCH3 is 1. The highest BCUT2D eigenvalue weighted by Crippen LogP contribution is 2.08. The van der Waals surface area contributed by atoms with Crippen LogP contribution < -0.4 is 0 Å². The van der Waals surface area contributed by atoms with Gasteiger partial charge < -0.3 is 14.6 Å². The molecular weight excluding hydrogens is 216 g/mol. The Labute approximate surface area is 107 Å². The van der Waals surface area contributed by atoms with Crippen LogP contribution in [-0.2, 0) is 9.47 Å². The van der Waals surface area contributed by atoms with Gasteiger partial charge in [-0.2, -0.15) is 0 Å². The summed E-state index contributed by atoms with van der Waals surface area (Å²) >= 11 is 0. The summed E-state index contributed by atoms with van der Waals surface area (Å²) in [5, 5.41) is 8.86. The van der Waals surface area contributed by atoms with E-state index in [-0.39, 0.29) is 12.7 Å². The van der Waals surface area contributed by atoms with Gasteiger partial charge in [0, 0.05) is 13.7 Å². The normalized spacial score (nSPS) is 12.9. The summed E-state index contributed by atoms with van der Waals surface area (Å²) in [7, 11) is 1.60. The zero-order valence-electron chi connectivity index (χ0n) is 11.6. The lowest BCUT2D eigenvalue weighted by Crippen LogP contribution is -2.22. The van der Waals surface area contributed by atoms with E-state index in [0.717, 1.165) is 13.0 Å². The van der Waals surface area contributed by atoms with Crippen LogP contribution in [0.1, 0.15) is 58.3 Å². The van der Waals surface area contributed by atoms with Crippen LogP contribution >= 0.6 is 0 Å². The van der Waals surface area contributed by atoms with Gasteiger partial charge in [0.25, 0.3) is 0 Å². The summed E-state index contributed by atoms with van der Waals surface area (Å²) in [6.45, 7) is 3.57. The second-order valence-electron chi connectivity index (χ2n) is 4.59. The quantitative estimate of drug-likeness (QED) is 0.507. The van der Waals surface area contributed by atoms with Gasteiger partial charge in [0.05, 0.1) is 13.2 Å². The predicted molar refractivity (Wildman–Crippen MR) is 71.3 cm³/mol. The van der Waals surface area contributed by atoms with Crippen LogP contribution in [0.25, 0.3) is 0 Å². The zero-order valence-corrected chi connectivity index (χ0v) is 11.6. The number of rotatable bonds is 13. The summed E-state index contributed by atoms with van der Waals surface area (Å²) in [5.74, 6) is 0. The standard InChI is InChI=1S/C14H30O3/c1-3-4-5-6-7-8-9-10-11-17-13-14(12-15)16-2/h14-15H,3-13H2,1-2H3/t14-/m0/s1. The van der Waals surface area contributed by atoms with Gasteiger partial charge in [0.2, 0.25) is 0 Å². The van der Waals surface area contributed by atoms with Crippen LogP contribution in [-0.4, -0.2) is 38.1 Å². The molecule has 0 unspecified atom stereocenters. The van der Waals surface area contributed by atoms with Crippen LogP contribution in [0, 0.1) is 0 Å². The largest absolute Gasteiger partial charge is 0.394 e. The van der Waals surface area contributed by atoms with E-state index in [1.807, 2.05) is 0 Å². The number of aliphatic hydroxyl groups is 1. The Hall–Kier alpha value is -0.120. The molecule has 17 heavy (non-hydrogen) atoms. The molecular formula is C14H30O3. The summed E-state index contributed by atoms with van der Waals surface area (Å²) < 4.78 is 10.4. The van der Waals surface area contributed by atoms with Crippen molar-refractivity contribution in [3.05, 3.63) is 0 Å². The summed E-state index contributed by atoms with van der Waals surface area (Å²) in [6, 6.07) is 0. The fourth-order valence-electron chi connectivity index (χ4n) is 1.75. The highest BCUT2D eigenvalue weighted by atomic mass is 16.5. The fourth-order valence-corrected chi connectivity index (χ4v) is 1.75. The average molecular weight is 246 g/mol. The average Bonchev–Trinajstić information content (AvgIpc) is 2.36. The molecule has 0 aliphatic carbocycles. The number of ether oxygens (including phenoxy) is 2. The third-order valence-corrected chi connectivity index (χ3v) is 2.98. The maximum atomic E-state index is 8.86. The number of unbranched alkanes of at least 4 members (excludes halogenated alkanes) is 7. The minimum absolute atomic E-state index is 0.0356. The monoisotopic (exact) mass is 246 g/mol. The van der Waals surface area contributed by atoms with E-state index in [0.29, 0.717) is 6.61 Å². The topological polar surface area (TPSA) is 38.7 Å². The van der Waals surface area contributed by atoms with Crippen molar-refractivity contribution < 1.29 is 14.6 Å². The van der Waals surface area contributed by atoms with Crippen LogP contribution in [0.2, 0.25) is 0 Å². The molecule has 0 aliphatic rings. The van der Waals surface area contributed by atoms with E-state index >= 15 is 0 Å². The van der Waals surface area contributed by atoms with Crippen molar-refractivity contribution in [1.29, 1.82) is 0 Å². The number of aliphatic hydroxyl groups excluding tert-OH is 1. The van der Waals surface area contributed by atoms with Gasteiger partial charge in [-0.3, -0.25) is 0 Å². The second kappa shape index (κ2) is 13.9. The molecule has 0 saturated heterocycles. The van der Waals surface area contributed by atoms with Gasteiger partial charge in [-0.05, 0) is 6.42 Å². The highest BCUT2D eigenvalue weighted by molar-refractivity contribution is 4.52. The van der Waals surface area contributed by atoms with Crippen molar-refractivity contribution in [2.24, 2.45) is 0 Å². The molecule has 1 atom stereocenters. The fraction of sp³-hybridized carbons (Fsp3) is 1.00. The zero-order chi connectivity index (χ0) is 12.8. The molecule has 0 amide bonds. The third kappa shape index (κ3) is 12.1. The Bertz CT molecular complexity index is 135. The summed E-state index contributed by atoms with van der Waals surface area (Å²) in [5.41, 5.74) is 0. The number of hydrogen-bond donors (Lipinski definition) is 1. The lowest BCUT2D eigenvalue weighted by atomic mass is 10.1. The maximum absolute atomic E-state index is 8.86.